The minimum atomic E-state index is -0.467. The summed E-state index contributed by atoms with van der Waals surface area (Å²) in [6.45, 7) is 0. The Morgan fingerprint density at radius 2 is 1.89 bits per heavy atom. The monoisotopic (exact) mass is 256 g/mol. The number of carbonyl (C=O) groups is 1. The molecule has 3 heteroatoms. The highest BCUT2D eigenvalue weighted by Gasteiger charge is 2.39. The molecule has 0 radical (unpaired) electrons. The second kappa shape index (κ2) is 4.92. The van der Waals surface area contributed by atoms with E-state index < -0.39 is 6.10 Å². The molecule has 2 aromatic rings. The Bertz CT molecular complexity index is 602. The number of fused-ring (bicyclic) bond motifs is 1. The van der Waals surface area contributed by atoms with Gasteiger partial charge in [0.25, 0.3) is 0 Å². The Hall–Kier alpha value is -2.03. The number of benzene rings is 2. The van der Waals surface area contributed by atoms with Crippen molar-refractivity contribution in [1.29, 1.82) is 0 Å². The van der Waals surface area contributed by atoms with Crippen molar-refractivity contribution in [2.24, 2.45) is 5.92 Å². The third-order valence-corrected chi connectivity index (χ3v) is 3.47. The molecule has 0 aliphatic heterocycles. The van der Waals surface area contributed by atoms with Gasteiger partial charge in [-0.2, -0.15) is 0 Å². The van der Waals surface area contributed by atoms with Gasteiger partial charge >= 0.3 is 5.97 Å². The molecule has 1 aliphatic rings. The summed E-state index contributed by atoms with van der Waals surface area (Å²) in [5.74, 6) is 0.746. The lowest BCUT2D eigenvalue weighted by molar-refractivity contribution is -0.149. The van der Waals surface area contributed by atoms with Crippen LogP contribution in [0.4, 0.5) is 0 Å². The summed E-state index contributed by atoms with van der Waals surface area (Å²) < 4.78 is 10.6. The lowest BCUT2D eigenvalue weighted by Gasteiger charge is -2.16. The molecular weight excluding hydrogens is 240 g/mol. The molecule has 1 saturated carbocycles. The number of esters is 1. The zero-order valence-corrected chi connectivity index (χ0v) is 10.8. The van der Waals surface area contributed by atoms with Crippen LogP contribution in [0.2, 0.25) is 0 Å². The van der Waals surface area contributed by atoms with E-state index in [4.69, 9.17) is 9.47 Å². The van der Waals surface area contributed by atoms with Crippen LogP contribution in [0.1, 0.15) is 12.8 Å². The van der Waals surface area contributed by atoms with E-state index in [-0.39, 0.29) is 5.97 Å². The molecule has 98 valence electrons. The standard InChI is InChI=1S/C16H16O3/c1-18-16(17)15(12-6-7-12)19-14-9-8-11-4-2-3-5-13(11)10-14/h2-5,8-10,12,15H,6-7H2,1H3. The van der Waals surface area contributed by atoms with E-state index >= 15 is 0 Å². The van der Waals surface area contributed by atoms with Gasteiger partial charge in [-0.05, 0) is 35.7 Å². The van der Waals surface area contributed by atoms with Crippen LogP contribution in [0.3, 0.4) is 0 Å². The van der Waals surface area contributed by atoms with Crippen molar-refractivity contribution in [3.63, 3.8) is 0 Å². The lowest BCUT2D eigenvalue weighted by Crippen LogP contribution is -2.30. The predicted octanol–water partition coefficient (Wildman–Crippen LogP) is 3.17. The molecule has 3 rings (SSSR count). The highest BCUT2D eigenvalue weighted by Crippen LogP contribution is 2.36. The molecule has 0 bridgehead atoms. The number of ether oxygens (including phenoxy) is 2. The van der Waals surface area contributed by atoms with Crippen LogP contribution in [-0.2, 0) is 9.53 Å². The second-order valence-corrected chi connectivity index (χ2v) is 4.91. The van der Waals surface area contributed by atoms with Crippen LogP contribution in [0.25, 0.3) is 10.8 Å². The number of methoxy groups -OCH3 is 1. The minimum absolute atomic E-state index is 0.282. The zero-order valence-electron chi connectivity index (χ0n) is 10.8. The average Bonchev–Trinajstić information content (AvgIpc) is 3.28. The second-order valence-electron chi connectivity index (χ2n) is 4.91. The Morgan fingerprint density at radius 3 is 2.58 bits per heavy atom. The van der Waals surface area contributed by atoms with E-state index in [2.05, 4.69) is 6.07 Å². The van der Waals surface area contributed by atoms with Crippen LogP contribution in [-0.4, -0.2) is 19.2 Å². The van der Waals surface area contributed by atoms with E-state index in [9.17, 15) is 4.79 Å². The van der Waals surface area contributed by atoms with Crippen LogP contribution in [0.15, 0.2) is 42.5 Å². The first kappa shape index (κ1) is 12.0. The number of hydrogen-bond donors (Lipinski definition) is 0. The highest BCUT2D eigenvalue weighted by atomic mass is 16.6. The summed E-state index contributed by atoms with van der Waals surface area (Å²) in [7, 11) is 1.40. The number of hydrogen-bond acceptors (Lipinski definition) is 3. The first-order valence-electron chi connectivity index (χ1n) is 6.51. The molecule has 1 atom stereocenters. The molecule has 1 unspecified atom stereocenters. The Labute approximate surface area is 112 Å². The molecule has 1 aliphatic carbocycles. The third kappa shape index (κ3) is 2.55. The quantitative estimate of drug-likeness (QED) is 0.788. The van der Waals surface area contributed by atoms with E-state index in [1.165, 1.54) is 7.11 Å². The van der Waals surface area contributed by atoms with E-state index in [1.807, 2.05) is 36.4 Å². The fraction of sp³-hybridized carbons (Fsp3) is 0.312. The van der Waals surface area contributed by atoms with E-state index in [0.29, 0.717) is 5.92 Å². The summed E-state index contributed by atoms with van der Waals surface area (Å²) in [5, 5.41) is 2.27. The molecule has 1 fully saturated rings. The molecule has 0 saturated heterocycles. The van der Waals surface area contributed by atoms with Crippen LogP contribution in [0.5, 0.6) is 5.75 Å². The van der Waals surface area contributed by atoms with E-state index in [1.54, 1.807) is 0 Å². The molecule has 0 heterocycles. The molecule has 0 N–H and O–H groups in total. The number of rotatable bonds is 4. The van der Waals surface area contributed by atoms with Crippen LogP contribution >= 0.6 is 0 Å². The van der Waals surface area contributed by atoms with Crippen molar-refractivity contribution in [2.45, 2.75) is 18.9 Å². The molecular formula is C16H16O3. The van der Waals surface area contributed by atoms with Gasteiger partial charge in [-0.25, -0.2) is 4.79 Å². The molecule has 3 nitrogen and oxygen atoms in total. The number of carbonyl (C=O) groups excluding carboxylic acids is 1. The summed E-state index contributed by atoms with van der Waals surface area (Å²) >= 11 is 0. The topological polar surface area (TPSA) is 35.5 Å². The lowest BCUT2D eigenvalue weighted by atomic mass is 10.1. The van der Waals surface area contributed by atoms with Gasteiger partial charge in [-0.1, -0.05) is 30.3 Å². The van der Waals surface area contributed by atoms with Gasteiger partial charge in [0.2, 0.25) is 0 Å². The summed E-state index contributed by atoms with van der Waals surface area (Å²) in [6, 6.07) is 14.0. The summed E-state index contributed by atoms with van der Waals surface area (Å²) in [5.41, 5.74) is 0. The van der Waals surface area contributed by atoms with Crippen LogP contribution in [0, 0.1) is 5.92 Å². The largest absolute Gasteiger partial charge is 0.478 e. The highest BCUT2D eigenvalue weighted by molar-refractivity contribution is 5.84. The predicted molar refractivity (Wildman–Crippen MR) is 73.1 cm³/mol. The maximum Gasteiger partial charge on any atom is 0.347 e. The van der Waals surface area contributed by atoms with Crippen molar-refractivity contribution in [3.05, 3.63) is 42.5 Å². The summed E-state index contributed by atoms with van der Waals surface area (Å²) in [6.07, 6.45) is 1.60. The Morgan fingerprint density at radius 1 is 1.16 bits per heavy atom. The van der Waals surface area contributed by atoms with Gasteiger partial charge in [-0.15, -0.1) is 0 Å². The van der Waals surface area contributed by atoms with Crippen molar-refractivity contribution in [2.75, 3.05) is 7.11 Å². The fourth-order valence-electron chi connectivity index (χ4n) is 2.24. The molecule has 0 amide bonds. The van der Waals surface area contributed by atoms with Crippen LogP contribution < -0.4 is 4.74 Å². The van der Waals surface area contributed by atoms with Crippen molar-refractivity contribution in [3.8, 4) is 5.75 Å². The van der Waals surface area contributed by atoms with Gasteiger partial charge < -0.3 is 9.47 Å². The van der Waals surface area contributed by atoms with Gasteiger partial charge in [-0.3, -0.25) is 0 Å². The Balaban J connectivity index is 1.85. The van der Waals surface area contributed by atoms with Crippen molar-refractivity contribution >= 4 is 16.7 Å². The molecule has 0 aromatic heterocycles. The normalized spacial score (nSPS) is 16.1. The molecule has 0 spiro atoms. The molecule has 19 heavy (non-hydrogen) atoms. The SMILES string of the molecule is COC(=O)C(Oc1ccc2ccccc2c1)C1CC1. The van der Waals surface area contributed by atoms with Crippen molar-refractivity contribution in [1.82, 2.24) is 0 Å². The zero-order chi connectivity index (χ0) is 13.2. The smallest absolute Gasteiger partial charge is 0.347 e. The van der Waals surface area contributed by atoms with Gasteiger partial charge in [0.1, 0.15) is 5.75 Å². The van der Waals surface area contributed by atoms with Gasteiger partial charge in [0.15, 0.2) is 6.10 Å². The summed E-state index contributed by atoms with van der Waals surface area (Å²) in [4.78, 5) is 11.7. The first-order chi connectivity index (χ1) is 9.28. The van der Waals surface area contributed by atoms with E-state index in [0.717, 1.165) is 29.4 Å². The van der Waals surface area contributed by atoms with Crippen molar-refractivity contribution < 1.29 is 14.3 Å². The first-order valence-corrected chi connectivity index (χ1v) is 6.51. The Kier molecular flexibility index (Phi) is 3.11. The minimum Gasteiger partial charge on any atom is -0.478 e. The fourth-order valence-corrected chi connectivity index (χ4v) is 2.24. The third-order valence-electron chi connectivity index (χ3n) is 3.47. The maximum atomic E-state index is 11.7. The van der Waals surface area contributed by atoms with Gasteiger partial charge in [0, 0.05) is 5.92 Å². The average molecular weight is 256 g/mol. The molecule has 2 aromatic carbocycles. The van der Waals surface area contributed by atoms with Gasteiger partial charge in [0.05, 0.1) is 7.11 Å². The maximum absolute atomic E-state index is 11.7.